The molecule has 0 saturated carbocycles. The number of amides is 1. The van der Waals surface area contributed by atoms with Gasteiger partial charge in [-0.05, 0) is 19.1 Å². The minimum absolute atomic E-state index is 0. The molecule has 1 aliphatic rings. The van der Waals surface area contributed by atoms with Crippen LogP contribution in [0, 0.1) is 6.08 Å². The molecular formula is C13H12Br2NO2Y-. The molecule has 0 saturated heterocycles. The molecule has 1 heterocycles. The van der Waals surface area contributed by atoms with Crippen LogP contribution in [0.4, 0.5) is 0 Å². The zero-order valence-corrected chi connectivity index (χ0v) is 16.4. The Labute approximate surface area is 154 Å². The molecule has 2 rings (SSSR count). The van der Waals surface area contributed by atoms with Crippen LogP contribution in [0.2, 0.25) is 0 Å². The van der Waals surface area contributed by atoms with Crippen molar-refractivity contribution in [3.63, 3.8) is 0 Å². The molecule has 1 N–H and O–H groups in total. The number of benzene rings is 1. The fraction of sp³-hybridized carbons (Fsp3) is 0.308. The summed E-state index contributed by atoms with van der Waals surface area (Å²) < 4.78 is 0.754. The fourth-order valence-electron chi connectivity index (χ4n) is 1.90. The van der Waals surface area contributed by atoms with Crippen LogP contribution in [0.25, 0.3) is 5.70 Å². The van der Waals surface area contributed by atoms with E-state index < -0.39 is 0 Å². The van der Waals surface area contributed by atoms with Gasteiger partial charge in [-0.1, -0.05) is 42.8 Å². The predicted octanol–water partition coefficient (Wildman–Crippen LogP) is 3.31. The second-order valence-corrected chi connectivity index (χ2v) is 5.90. The first-order valence-corrected chi connectivity index (χ1v) is 7.30. The van der Waals surface area contributed by atoms with Crippen LogP contribution in [0.3, 0.4) is 0 Å². The van der Waals surface area contributed by atoms with Gasteiger partial charge < -0.3 is 10.0 Å². The molecule has 0 aliphatic carbocycles. The second-order valence-electron chi connectivity index (χ2n) is 3.94. The van der Waals surface area contributed by atoms with Gasteiger partial charge in [-0.3, -0.25) is 4.79 Å². The number of carbonyl (C=O) groups is 1. The third-order valence-electron chi connectivity index (χ3n) is 2.78. The number of phenols is 1. The minimum Gasteiger partial charge on any atom is -0.508 e. The van der Waals surface area contributed by atoms with E-state index in [-0.39, 0.29) is 49.2 Å². The second kappa shape index (κ2) is 7.34. The van der Waals surface area contributed by atoms with Crippen LogP contribution in [-0.4, -0.2) is 27.3 Å². The zero-order chi connectivity index (χ0) is 13.3. The maximum Gasteiger partial charge on any atom is 0.236 e. The van der Waals surface area contributed by atoms with Gasteiger partial charge in [0.15, 0.2) is 0 Å². The summed E-state index contributed by atoms with van der Waals surface area (Å²) in [7, 11) is 0. The molecule has 1 atom stereocenters. The normalized spacial score (nSPS) is 18.9. The van der Waals surface area contributed by atoms with E-state index in [9.17, 15) is 9.90 Å². The Morgan fingerprint density at radius 3 is 2.79 bits per heavy atom. The summed E-state index contributed by atoms with van der Waals surface area (Å²) >= 11 is 6.75. The molecule has 99 valence electrons. The number of hydrogen-bond donors (Lipinski definition) is 1. The largest absolute Gasteiger partial charge is 0.508 e. The van der Waals surface area contributed by atoms with Crippen LogP contribution in [0.5, 0.6) is 5.75 Å². The number of phenolic OH excluding ortho intramolecular Hbond substituents is 1. The molecule has 1 amide bonds. The number of rotatable bonds is 2. The van der Waals surface area contributed by atoms with E-state index in [1.165, 1.54) is 0 Å². The molecule has 1 unspecified atom stereocenters. The first-order chi connectivity index (χ1) is 8.54. The Bertz CT molecular complexity index is 519. The van der Waals surface area contributed by atoms with Crippen LogP contribution < -0.4 is 0 Å². The molecule has 1 aliphatic heterocycles. The summed E-state index contributed by atoms with van der Waals surface area (Å²) in [6.45, 7) is 2.52. The van der Waals surface area contributed by atoms with Crippen molar-refractivity contribution in [3.8, 4) is 5.75 Å². The first-order valence-electron chi connectivity index (χ1n) is 5.59. The van der Waals surface area contributed by atoms with Crippen LogP contribution in [0.15, 0.2) is 22.7 Å². The predicted molar refractivity (Wildman–Crippen MR) is 77.2 cm³/mol. The van der Waals surface area contributed by atoms with Gasteiger partial charge in [-0.2, -0.15) is 0 Å². The summed E-state index contributed by atoms with van der Waals surface area (Å²) in [4.78, 5) is 13.6. The van der Waals surface area contributed by atoms with E-state index in [2.05, 4.69) is 37.9 Å². The van der Waals surface area contributed by atoms with Crippen molar-refractivity contribution in [2.24, 2.45) is 0 Å². The van der Waals surface area contributed by atoms with Crippen molar-refractivity contribution in [2.45, 2.75) is 18.2 Å². The standard InChI is InChI=1S/C13H12Br2NO2.Y/c1-2-16-12(6-5-10(14)13(16)18)9-4-3-8(17)7-11(9)15;/h3-4,7,10,17H,2,5H2,1H3;/q-1;. The van der Waals surface area contributed by atoms with Gasteiger partial charge in [0.25, 0.3) is 0 Å². The Hall–Kier alpha value is 0.294. The summed E-state index contributed by atoms with van der Waals surface area (Å²) in [6.07, 6.45) is 3.79. The molecular weight excluding hydrogens is 451 g/mol. The fourth-order valence-corrected chi connectivity index (χ4v) is 2.86. The molecule has 1 aromatic rings. The zero-order valence-electron chi connectivity index (χ0n) is 10.4. The molecule has 0 bridgehead atoms. The van der Waals surface area contributed by atoms with Crippen LogP contribution >= 0.6 is 31.9 Å². The SMILES string of the molecule is CCN1C(=O)C(Br)C[C-]=C1c1ccc(O)cc1Br.[Y]. The Morgan fingerprint density at radius 1 is 1.53 bits per heavy atom. The molecule has 6 heteroatoms. The molecule has 0 aromatic heterocycles. The first kappa shape index (κ1) is 17.3. The van der Waals surface area contributed by atoms with Gasteiger partial charge in [0.1, 0.15) is 5.75 Å². The Balaban J connectivity index is 0.00000180. The van der Waals surface area contributed by atoms with Crippen molar-refractivity contribution in [1.29, 1.82) is 0 Å². The number of aromatic hydroxyl groups is 1. The van der Waals surface area contributed by atoms with Gasteiger partial charge >= 0.3 is 0 Å². The molecule has 1 aromatic carbocycles. The monoisotopic (exact) mass is 461 g/mol. The van der Waals surface area contributed by atoms with E-state index in [4.69, 9.17) is 0 Å². The van der Waals surface area contributed by atoms with E-state index in [0.29, 0.717) is 13.0 Å². The summed E-state index contributed by atoms with van der Waals surface area (Å²) in [5, 5.41) is 9.41. The number of hydrogen-bond acceptors (Lipinski definition) is 2. The van der Waals surface area contributed by atoms with Crippen LogP contribution in [-0.2, 0) is 37.5 Å². The molecule has 19 heavy (non-hydrogen) atoms. The minimum atomic E-state index is -0.197. The van der Waals surface area contributed by atoms with Crippen molar-refractivity contribution in [1.82, 2.24) is 4.90 Å². The summed E-state index contributed by atoms with van der Waals surface area (Å²) in [5.74, 6) is 0.237. The third-order valence-corrected chi connectivity index (χ3v) is 4.15. The van der Waals surface area contributed by atoms with Gasteiger partial charge in [0.05, 0.1) is 4.83 Å². The Kier molecular flexibility index (Phi) is 6.71. The van der Waals surface area contributed by atoms with Crippen molar-refractivity contribution >= 4 is 43.5 Å². The summed E-state index contributed by atoms with van der Waals surface area (Å²) in [5.41, 5.74) is 1.63. The topological polar surface area (TPSA) is 40.5 Å². The molecule has 0 spiro atoms. The quantitative estimate of drug-likeness (QED) is 0.541. The maximum absolute atomic E-state index is 12.1. The van der Waals surface area contributed by atoms with E-state index in [1.54, 1.807) is 23.1 Å². The van der Waals surface area contributed by atoms with E-state index in [0.717, 1.165) is 15.7 Å². The molecule has 3 nitrogen and oxygen atoms in total. The van der Waals surface area contributed by atoms with Gasteiger partial charge in [0.2, 0.25) is 5.91 Å². The van der Waals surface area contributed by atoms with Gasteiger partial charge in [-0.15, -0.1) is 17.3 Å². The van der Waals surface area contributed by atoms with Gasteiger partial charge in [0, 0.05) is 39.3 Å². The number of halogens is 2. The van der Waals surface area contributed by atoms with Crippen molar-refractivity contribution in [3.05, 3.63) is 34.3 Å². The molecule has 0 fully saturated rings. The van der Waals surface area contributed by atoms with Gasteiger partial charge in [-0.25, -0.2) is 6.08 Å². The maximum atomic E-state index is 12.1. The summed E-state index contributed by atoms with van der Waals surface area (Å²) in [6, 6.07) is 5.00. The van der Waals surface area contributed by atoms with E-state index in [1.807, 2.05) is 6.92 Å². The van der Waals surface area contributed by atoms with Crippen molar-refractivity contribution < 1.29 is 42.6 Å². The average molecular weight is 463 g/mol. The Morgan fingerprint density at radius 2 is 2.21 bits per heavy atom. The number of carbonyl (C=O) groups excluding carboxylic acids is 1. The average Bonchev–Trinajstić information content (AvgIpc) is 2.33. The smallest absolute Gasteiger partial charge is 0.236 e. The number of allylic oxidation sites excluding steroid dienone is 1. The van der Waals surface area contributed by atoms with Crippen LogP contribution in [0.1, 0.15) is 18.9 Å². The van der Waals surface area contributed by atoms with E-state index >= 15 is 0 Å². The number of nitrogens with zero attached hydrogens (tertiary/aromatic N) is 1. The molecule has 1 radical (unpaired) electrons. The number of alkyl halides is 1. The third kappa shape index (κ3) is 3.69. The van der Waals surface area contributed by atoms with Crippen molar-refractivity contribution in [2.75, 3.05) is 6.54 Å².